The highest BCUT2D eigenvalue weighted by molar-refractivity contribution is 9.10. The number of halogens is 1. The standard InChI is InChI=1S/C16H19BrN2O2/c1-12-2-3-13(10-15(12)17)11-16(20)21-14-4-7-19(8-5-14)9-6-18/h2-3,10,14H,4-5,7-9,11H2,1H3. The van der Waals surface area contributed by atoms with Gasteiger partial charge in [-0.2, -0.15) is 5.26 Å². The van der Waals surface area contributed by atoms with Crippen molar-refractivity contribution in [2.45, 2.75) is 32.3 Å². The van der Waals surface area contributed by atoms with E-state index in [1.807, 2.05) is 25.1 Å². The molecule has 1 aromatic rings. The van der Waals surface area contributed by atoms with E-state index in [1.54, 1.807) is 0 Å². The first-order valence-corrected chi connectivity index (χ1v) is 7.91. The minimum atomic E-state index is -0.176. The van der Waals surface area contributed by atoms with Crippen molar-refractivity contribution in [3.63, 3.8) is 0 Å². The third kappa shape index (κ3) is 4.83. The molecule has 1 fully saturated rings. The number of nitrogens with zero attached hydrogens (tertiary/aromatic N) is 2. The van der Waals surface area contributed by atoms with Gasteiger partial charge in [0.25, 0.3) is 0 Å². The Morgan fingerprint density at radius 2 is 2.19 bits per heavy atom. The number of benzene rings is 1. The van der Waals surface area contributed by atoms with Crippen molar-refractivity contribution in [1.29, 1.82) is 5.26 Å². The van der Waals surface area contributed by atoms with Crippen LogP contribution in [0.2, 0.25) is 0 Å². The van der Waals surface area contributed by atoms with Crippen molar-refractivity contribution in [1.82, 2.24) is 4.90 Å². The molecule has 112 valence electrons. The van der Waals surface area contributed by atoms with Crippen LogP contribution in [0, 0.1) is 18.3 Å². The summed E-state index contributed by atoms with van der Waals surface area (Å²) in [5.74, 6) is -0.176. The highest BCUT2D eigenvalue weighted by Gasteiger charge is 2.22. The zero-order valence-electron chi connectivity index (χ0n) is 12.1. The number of likely N-dealkylation sites (tertiary alicyclic amines) is 1. The number of nitriles is 1. The zero-order valence-corrected chi connectivity index (χ0v) is 13.7. The quantitative estimate of drug-likeness (QED) is 0.618. The van der Waals surface area contributed by atoms with Gasteiger partial charge >= 0.3 is 5.97 Å². The van der Waals surface area contributed by atoms with Gasteiger partial charge in [-0.3, -0.25) is 9.69 Å². The molecule has 1 aliphatic heterocycles. The van der Waals surface area contributed by atoms with Gasteiger partial charge in [0.15, 0.2) is 0 Å². The summed E-state index contributed by atoms with van der Waals surface area (Å²) in [6.07, 6.45) is 1.91. The molecule has 0 aliphatic carbocycles. The fraction of sp³-hybridized carbons (Fsp3) is 0.500. The first kappa shape index (κ1) is 16.0. The maximum absolute atomic E-state index is 12.0. The van der Waals surface area contributed by atoms with Gasteiger partial charge in [-0.05, 0) is 37.0 Å². The summed E-state index contributed by atoms with van der Waals surface area (Å²) >= 11 is 3.47. The molecule has 0 bridgehead atoms. The average molecular weight is 351 g/mol. The van der Waals surface area contributed by atoms with E-state index >= 15 is 0 Å². The van der Waals surface area contributed by atoms with Crippen LogP contribution < -0.4 is 0 Å². The van der Waals surface area contributed by atoms with Crippen molar-refractivity contribution in [3.05, 3.63) is 33.8 Å². The van der Waals surface area contributed by atoms with Crippen LogP contribution >= 0.6 is 15.9 Å². The van der Waals surface area contributed by atoms with E-state index in [0.717, 1.165) is 41.5 Å². The highest BCUT2D eigenvalue weighted by Crippen LogP contribution is 2.19. The molecule has 0 atom stereocenters. The first-order valence-electron chi connectivity index (χ1n) is 7.12. The number of carbonyl (C=O) groups excluding carboxylic acids is 1. The molecule has 0 spiro atoms. The second kappa shape index (κ2) is 7.58. The fourth-order valence-corrected chi connectivity index (χ4v) is 2.85. The van der Waals surface area contributed by atoms with E-state index in [0.29, 0.717) is 13.0 Å². The number of ether oxygens (including phenoxy) is 1. The van der Waals surface area contributed by atoms with Gasteiger partial charge in [-0.1, -0.05) is 28.1 Å². The van der Waals surface area contributed by atoms with Crippen LogP contribution in [0.15, 0.2) is 22.7 Å². The second-order valence-corrected chi connectivity index (χ2v) is 6.24. The predicted octanol–water partition coefficient (Wildman–Crippen LogP) is 2.83. The van der Waals surface area contributed by atoms with E-state index in [-0.39, 0.29) is 12.1 Å². The summed E-state index contributed by atoms with van der Waals surface area (Å²) in [5.41, 5.74) is 2.11. The Balaban J connectivity index is 1.80. The molecule has 1 aliphatic rings. The number of carbonyl (C=O) groups is 1. The maximum Gasteiger partial charge on any atom is 0.310 e. The van der Waals surface area contributed by atoms with Crippen LogP contribution in [0.1, 0.15) is 24.0 Å². The number of aryl methyl sites for hydroxylation is 1. The van der Waals surface area contributed by atoms with Crippen LogP contribution in [0.4, 0.5) is 0 Å². The summed E-state index contributed by atoms with van der Waals surface area (Å²) in [5, 5.41) is 8.65. The zero-order chi connectivity index (χ0) is 15.2. The lowest BCUT2D eigenvalue weighted by Gasteiger charge is -2.29. The molecule has 0 unspecified atom stereocenters. The molecule has 0 radical (unpaired) electrons. The Kier molecular flexibility index (Phi) is 5.77. The lowest BCUT2D eigenvalue weighted by molar-refractivity contribution is -0.150. The Bertz CT molecular complexity index is 546. The Hall–Kier alpha value is -1.38. The van der Waals surface area contributed by atoms with Crippen LogP contribution in [0.25, 0.3) is 0 Å². The molecule has 0 N–H and O–H groups in total. The summed E-state index contributed by atoms with van der Waals surface area (Å²) in [4.78, 5) is 14.1. The third-order valence-electron chi connectivity index (χ3n) is 3.71. The summed E-state index contributed by atoms with van der Waals surface area (Å²) in [6, 6.07) is 8.06. The van der Waals surface area contributed by atoms with Crippen LogP contribution in [-0.4, -0.2) is 36.6 Å². The van der Waals surface area contributed by atoms with Crippen LogP contribution in [-0.2, 0) is 16.0 Å². The summed E-state index contributed by atoms with van der Waals surface area (Å²) in [7, 11) is 0. The SMILES string of the molecule is Cc1ccc(CC(=O)OC2CCN(CC#N)CC2)cc1Br. The molecule has 0 aromatic heterocycles. The van der Waals surface area contributed by atoms with Crippen molar-refractivity contribution >= 4 is 21.9 Å². The van der Waals surface area contributed by atoms with E-state index in [9.17, 15) is 4.79 Å². The smallest absolute Gasteiger partial charge is 0.310 e. The van der Waals surface area contributed by atoms with E-state index < -0.39 is 0 Å². The molecular formula is C16H19BrN2O2. The molecule has 5 heteroatoms. The van der Waals surface area contributed by atoms with Crippen LogP contribution in [0.5, 0.6) is 0 Å². The molecule has 2 rings (SSSR count). The number of rotatable bonds is 4. The van der Waals surface area contributed by atoms with E-state index in [1.165, 1.54) is 0 Å². The van der Waals surface area contributed by atoms with Gasteiger partial charge in [0.1, 0.15) is 6.10 Å². The van der Waals surface area contributed by atoms with E-state index in [2.05, 4.69) is 26.9 Å². The molecule has 21 heavy (non-hydrogen) atoms. The Morgan fingerprint density at radius 1 is 1.48 bits per heavy atom. The van der Waals surface area contributed by atoms with Crippen LogP contribution in [0.3, 0.4) is 0 Å². The fourth-order valence-electron chi connectivity index (χ4n) is 2.43. The van der Waals surface area contributed by atoms with Crippen molar-refractivity contribution in [2.75, 3.05) is 19.6 Å². The van der Waals surface area contributed by atoms with Gasteiger partial charge in [-0.25, -0.2) is 0 Å². The maximum atomic E-state index is 12.0. The first-order chi connectivity index (χ1) is 10.1. The lowest BCUT2D eigenvalue weighted by atomic mass is 10.1. The average Bonchev–Trinajstić information content (AvgIpc) is 2.45. The van der Waals surface area contributed by atoms with Gasteiger partial charge in [0.05, 0.1) is 19.0 Å². The van der Waals surface area contributed by atoms with E-state index in [4.69, 9.17) is 10.00 Å². The van der Waals surface area contributed by atoms with Crippen molar-refractivity contribution in [2.24, 2.45) is 0 Å². The molecule has 1 aromatic carbocycles. The largest absolute Gasteiger partial charge is 0.462 e. The van der Waals surface area contributed by atoms with Gasteiger partial charge in [0.2, 0.25) is 0 Å². The number of esters is 1. The summed E-state index contributed by atoms with van der Waals surface area (Å²) in [6.45, 7) is 4.11. The van der Waals surface area contributed by atoms with Gasteiger partial charge in [-0.15, -0.1) is 0 Å². The number of hydrogen-bond acceptors (Lipinski definition) is 4. The number of hydrogen-bond donors (Lipinski definition) is 0. The van der Waals surface area contributed by atoms with Gasteiger partial charge < -0.3 is 4.74 Å². The molecule has 0 saturated carbocycles. The van der Waals surface area contributed by atoms with Crippen molar-refractivity contribution < 1.29 is 9.53 Å². The molecule has 1 heterocycles. The second-order valence-electron chi connectivity index (χ2n) is 5.38. The van der Waals surface area contributed by atoms with Gasteiger partial charge in [0, 0.05) is 17.6 Å². The number of piperidine rings is 1. The summed E-state index contributed by atoms with van der Waals surface area (Å²) < 4.78 is 6.54. The monoisotopic (exact) mass is 350 g/mol. The molecular weight excluding hydrogens is 332 g/mol. The van der Waals surface area contributed by atoms with Crippen molar-refractivity contribution in [3.8, 4) is 6.07 Å². The highest BCUT2D eigenvalue weighted by atomic mass is 79.9. The normalized spacial score (nSPS) is 16.4. The third-order valence-corrected chi connectivity index (χ3v) is 4.57. The molecule has 4 nitrogen and oxygen atoms in total. The topological polar surface area (TPSA) is 53.3 Å². The minimum absolute atomic E-state index is 0.0127. The Morgan fingerprint density at radius 3 is 2.81 bits per heavy atom. The minimum Gasteiger partial charge on any atom is -0.462 e. The lowest BCUT2D eigenvalue weighted by Crippen LogP contribution is -2.38. The molecule has 1 saturated heterocycles. The Labute approximate surface area is 133 Å². The molecule has 0 amide bonds. The predicted molar refractivity (Wildman–Crippen MR) is 83.8 cm³/mol.